The Balaban J connectivity index is 1.76. The van der Waals surface area contributed by atoms with Crippen LogP contribution in [0.5, 0.6) is 0 Å². The topological polar surface area (TPSA) is 112 Å². The Morgan fingerprint density at radius 1 is 0.919 bits per heavy atom. The van der Waals surface area contributed by atoms with E-state index in [0.717, 1.165) is 6.42 Å². The number of esters is 2. The van der Waals surface area contributed by atoms with Crippen LogP contribution < -0.4 is 0 Å². The highest BCUT2D eigenvalue weighted by Gasteiger charge is 2.32. The van der Waals surface area contributed by atoms with Crippen LogP contribution in [0, 0.1) is 11.3 Å². The lowest BCUT2D eigenvalue weighted by molar-refractivity contribution is -0.143. The molecule has 0 radical (unpaired) electrons. The Hall–Kier alpha value is -2.94. The molecule has 2 N–H and O–H groups in total. The van der Waals surface area contributed by atoms with Crippen molar-refractivity contribution in [1.82, 2.24) is 0 Å². The molecular weight excluding hydrogens is 476 g/mol. The number of ether oxygens (including phenoxy) is 4. The van der Waals surface area contributed by atoms with Gasteiger partial charge in [-0.1, -0.05) is 51.3 Å². The SMILES string of the molecule is C=C(C)C(=O)OCC(O)COC1=CCC(C(C)(C)C2=CCC(OCC(O)COC(=O)C(=C)C)C=C2)C=C1. The van der Waals surface area contributed by atoms with Crippen molar-refractivity contribution in [3.8, 4) is 0 Å². The molecule has 0 saturated heterocycles. The van der Waals surface area contributed by atoms with Gasteiger partial charge in [-0.2, -0.15) is 0 Å². The van der Waals surface area contributed by atoms with E-state index >= 15 is 0 Å². The highest BCUT2D eigenvalue weighted by atomic mass is 16.6. The second kappa shape index (κ2) is 14.1. The van der Waals surface area contributed by atoms with Gasteiger partial charge in [-0.3, -0.25) is 0 Å². The molecule has 0 aromatic carbocycles. The number of aliphatic hydroxyl groups excluding tert-OH is 2. The number of aliphatic hydroxyl groups is 2. The number of carbonyl (C=O) groups is 2. The Bertz CT molecular complexity index is 968. The Kier molecular flexibility index (Phi) is 11.6. The van der Waals surface area contributed by atoms with Gasteiger partial charge in [0.05, 0.1) is 12.7 Å². The van der Waals surface area contributed by atoms with Crippen molar-refractivity contribution in [2.75, 3.05) is 26.4 Å². The van der Waals surface area contributed by atoms with Crippen molar-refractivity contribution in [1.29, 1.82) is 0 Å². The summed E-state index contributed by atoms with van der Waals surface area (Å²) in [6.45, 7) is 14.3. The summed E-state index contributed by atoms with van der Waals surface area (Å²) < 4.78 is 21.3. The highest BCUT2D eigenvalue weighted by Crippen LogP contribution is 2.42. The third-order valence-corrected chi connectivity index (χ3v) is 6.25. The molecule has 204 valence electrons. The molecule has 2 rings (SSSR count). The molecular formula is C29H40O8. The average Bonchev–Trinajstić information content (AvgIpc) is 2.88. The second-order valence-corrected chi connectivity index (χ2v) is 10.0. The first-order valence-electron chi connectivity index (χ1n) is 12.4. The van der Waals surface area contributed by atoms with Crippen LogP contribution in [0.25, 0.3) is 0 Å². The van der Waals surface area contributed by atoms with Gasteiger partial charge >= 0.3 is 11.9 Å². The van der Waals surface area contributed by atoms with E-state index in [9.17, 15) is 19.8 Å². The van der Waals surface area contributed by atoms with Gasteiger partial charge in [-0.25, -0.2) is 9.59 Å². The molecule has 8 heteroatoms. The van der Waals surface area contributed by atoms with Crippen LogP contribution >= 0.6 is 0 Å². The van der Waals surface area contributed by atoms with Crippen molar-refractivity contribution in [2.24, 2.45) is 11.3 Å². The maximum atomic E-state index is 11.4. The fourth-order valence-corrected chi connectivity index (χ4v) is 3.77. The van der Waals surface area contributed by atoms with Gasteiger partial charge in [-0.05, 0) is 55.7 Å². The monoisotopic (exact) mass is 516 g/mol. The molecule has 0 spiro atoms. The van der Waals surface area contributed by atoms with Crippen LogP contribution in [0.4, 0.5) is 0 Å². The molecule has 0 heterocycles. The van der Waals surface area contributed by atoms with E-state index in [1.165, 1.54) is 5.57 Å². The van der Waals surface area contributed by atoms with E-state index in [2.05, 4.69) is 45.2 Å². The zero-order chi connectivity index (χ0) is 27.6. The Labute approximate surface area is 219 Å². The van der Waals surface area contributed by atoms with Gasteiger partial charge in [0.15, 0.2) is 0 Å². The van der Waals surface area contributed by atoms with Crippen molar-refractivity contribution in [3.63, 3.8) is 0 Å². The lowest BCUT2D eigenvalue weighted by Crippen LogP contribution is -2.29. The minimum Gasteiger partial charge on any atom is -0.491 e. The quantitative estimate of drug-likeness (QED) is 0.265. The first kappa shape index (κ1) is 30.3. The summed E-state index contributed by atoms with van der Waals surface area (Å²) in [6.07, 6.45) is 11.7. The van der Waals surface area contributed by atoms with E-state index in [1.54, 1.807) is 13.8 Å². The van der Waals surface area contributed by atoms with E-state index in [-0.39, 0.29) is 55.0 Å². The molecule has 0 saturated carbocycles. The van der Waals surface area contributed by atoms with Crippen molar-refractivity contribution in [2.45, 2.75) is 58.8 Å². The largest absolute Gasteiger partial charge is 0.491 e. The smallest absolute Gasteiger partial charge is 0.333 e. The molecule has 0 bridgehead atoms. The van der Waals surface area contributed by atoms with Crippen LogP contribution in [0.3, 0.4) is 0 Å². The fraction of sp³-hybridized carbons (Fsp3) is 0.517. The number of hydrogen-bond acceptors (Lipinski definition) is 8. The summed E-state index contributed by atoms with van der Waals surface area (Å²) >= 11 is 0. The molecule has 2 aliphatic carbocycles. The molecule has 0 aromatic rings. The maximum Gasteiger partial charge on any atom is 0.333 e. The molecule has 0 amide bonds. The third kappa shape index (κ3) is 9.80. The van der Waals surface area contributed by atoms with Crippen LogP contribution in [0.1, 0.15) is 40.5 Å². The van der Waals surface area contributed by atoms with Gasteiger partial charge in [0.25, 0.3) is 0 Å². The van der Waals surface area contributed by atoms with Crippen LogP contribution in [0.2, 0.25) is 0 Å². The first-order chi connectivity index (χ1) is 17.4. The molecule has 8 nitrogen and oxygen atoms in total. The number of carbonyl (C=O) groups excluding carboxylic acids is 2. The number of rotatable bonds is 14. The molecule has 0 aromatic heterocycles. The normalized spacial score (nSPS) is 20.8. The van der Waals surface area contributed by atoms with Crippen molar-refractivity contribution in [3.05, 3.63) is 72.1 Å². The van der Waals surface area contributed by atoms with Gasteiger partial charge in [0.1, 0.15) is 37.8 Å². The summed E-state index contributed by atoms with van der Waals surface area (Å²) in [7, 11) is 0. The molecule has 2 aliphatic rings. The fourth-order valence-electron chi connectivity index (χ4n) is 3.77. The van der Waals surface area contributed by atoms with Crippen LogP contribution in [0.15, 0.2) is 72.1 Å². The highest BCUT2D eigenvalue weighted by molar-refractivity contribution is 5.87. The predicted octanol–water partition coefficient (Wildman–Crippen LogP) is 3.72. The molecule has 0 fully saturated rings. The summed E-state index contributed by atoms with van der Waals surface area (Å²) in [5.74, 6) is -0.147. The third-order valence-electron chi connectivity index (χ3n) is 6.25. The lowest BCUT2D eigenvalue weighted by atomic mass is 9.69. The molecule has 4 atom stereocenters. The van der Waals surface area contributed by atoms with Gasteiger partial charge in [0.2, 0.25) is 0 Å². The van der Waals surface area contributed by atoms with Gasteiger partial charge in [-0.15, -0.1) is 0 Å². The molecule has 37 heavy (non-hydrogen) atoms. The summed E-state index contributed by atoms with van der Waals surface area (Å²) in [4.78, 5) is 22.8. The van der Waals surface area contributed by atoms with Crippen molar-refractivity contribution >= 4 is 11.9 Å². The first-order valence-corrected chi connectivity index (χ1v) is 12.4. The zero-order valence-electron chi connectivity index (χ0n) is 22.3. The standard InChI is InChI=1S/C29H40O8/c1-19(2)27(32)36-17-23(30)15-34-25-11-7-21(8-12-25)29(5,6)22-9-13-26(14-10-22)35-16-24(31)18-37-28(33)20(3)4/h7-9,11,13-14,22-25,30-31H,1,3,10,12,15-18H2,2,4-6H3. The number of allylic oxidation sites excluding steroid dienone is 5. The Morgan fingerprint density at radius 2 is 1.51 bits per heavy atom. The minimum atomic E-state index is -0.924. The Morgan fingerprint density at radius 3 is 2.00 bits per heavy atom. The summed E-state index contributed by atoms with van der Waals surface area (Å²) in [6, 6.07) is 0. The number of hydrogen-bond donors (Lipinski definition) is 2. The summed E-state index contributed by atoms with van der Waals surface area (Å²) in [5, 5.41) is 20.0. The van der Waals surface area contributed by atoms with E-state index in [0.29, 0.717) is 12.2 Å². The minimum absolute atomic E-state index is 0.0218. The van der Waals surface area contributed by atoms with Crippen LogP contribution in [-0.2, 0) is 28.5 Å². The van der Waals surface area contributed by atoms with Crippen LogP contribution in [-0.4, -0.2) is 66.9 Å². The zero-order valence-corrected chi connectivity index (χ0v) is 22.3. The predicted molar refractivity (Wildman–Crippen MR) is 140 cm³/mol. The van der Waals surface area contributed by atoms with Gasteiger partial charge in [0, 0.05) is 11.1 Å². The lowest BCUT2D eigenvalue weighted by Gasteiger charge is -2.36. The van der Waals surface area contributed by atoms with E-state index in [1.807, 2.05) is 18.2 Å². The summed E-state index contributed by atoms with van der Waals surface area (Å²) in [5.41, 5.74) is 1.63. The average molecular weight is 517 g/mol. The molecule has 4 unspecified atom stereocenters. The second-order valence-electron chi connectivity index (χ2n) is 10.0. The van der Waals surface area contributed by atoms with Gasteiger partial charge < -0.3 is 29.2 Å². The van der Waals surface area contributed by atoms with Crippen molar-refractivity contribution < 1.29 is 38.7 Å². The maximum absolute atomic E-state index is 11.4. The molecule has 0 aliphatic heterocycles. The van der Waals surface area contributed by atoms with E-state index < -0.39 is 24.1 Å². The van der Waals surface area contributed by atoms with E-state index in [4.69, 9.17) is 18.9 Å².